The number of nitrogens with one attached hydrogen (secondary N) is 2. The number of rotatable bonds is 6. The summed E-state index contributed by atoms with van der Waals surface area (Å²) in [4.78, 5) is 40.4. The summed E-state index contributed by atoms with van der Waals surface area (Å²) in [5.74, 6) is -0.321. The van der Waals surface area contributed by atoms with Gasteiger partial charge in [-0.05, 0) is 43.0 Å². The first kappa shape index (κ1) is 21.3. The lowest BCUT2D eigenvalue weighted by Crippen LogP contribution is -2.48. The van der Waals surface area contributed by atoms with E-state index in [-0.39, 0.29) is 17.4 Å². The highest BCUT2D eigenvalue weighted by Crippen LogP contribution is 2.25. The number of hydrogen-bond donors (Lipinski definition) is 2. The number of pyridine rings is 1. The molecule has 1 heterocycles. The van der Waals surface area contributed by atoms with E-state index in [9.17, 15) is 14.4 Å². The second kappa shape index (κ2) is 10.4. The molecule has 1 aliphatic rings. The Morgan fingerprint density at radius 1 is 1.10 bits per heavy atom. The number of esters is 1. The van der Waals surface area contributed by atoms with Gasteiger partial charge in [0, 0.05) is 12.2 Å². The summed E-state index contributed by atoms with van der Waals surface area (Å²) >= 11 is 0. The summed E-state index contributed by atoms with van der Waals surface area (Å²) in [6.07, 6.45) is 7.28. The fraction of sp³-hybridized carbons (Fsp3) is 0.364. The van der Waals surface area contributed by atoms with Crippen LogP contribution in [0.2, 0.25) is 0 Å². The number of carbonyl (C=O) groups is 3. The molecule has 30 heavy (non-hydrogen) atoms. The molecule has 158 valence electrons. The van der Waals surface area contributed by atoms with Gasteiger partial charge in [-0.1, -0.05) is 31.9 Å². The zero-order valence-electron chi connectivity index (χ0n) is 16.8. The van der Waals surface area contributed by atoms with Gasteiger partial charge in [0.25, 0.3) is 5.91 Å². The molecule has 1 saturated carbocycles. The zero-order valence-corrected chi connectivity index (χ0v) is 16.8. The molecular formula is C22H25N3O5. The van der Waals surface area contributed by atoms with Crippen molar-refractivity contribution in [1.82, 2.24) is 15.6 Å². The van der Waals surface area contributed by atoms with E-state index in [1.807, 2.05) is 0 Å². The fourth-order valence-electron chi connectivity index (χ4n) is 3.37. The predicted molar refractivity (Wildman–Crippen MR) is 109 cm³/mol. The van der Waals surface area contributed by atoms with Crippen molar-refractivity contribution >= 4 is 17.9 Å². The number of imide groups is 1. The number of aromatic nitrogens is 1. The highest BCUT2D eigenvalue weighted by molar-refractivity contribution is 5.97. The number of nitrogens with zero attached hydrogens (tertiary/aromatic N) is 1. The van der Waals surface area contributed by atoms with Gasteiger partial charge >= 0.3 is 12.0 Å². The number of para-hydroxylation sites is 1. The van der Waals surface area contributed by atoms with Crippen molar-refractivity contribution < 1.29 is 23.9 Å². The molecule has 2 N–H and O–H groups in total. The van der Waals surface area contributed by atoms with Crippen LogP contribution in [0.1, 0.15) is 43.0 Å². The lowest BCUT2D eigenvalue weighted by Gasteiger charge is -2.29. The number of hydrogen-bond acceptors (Lipinski definition) is 6. The van der Waals surface area contributed by atoms with Gasteiger partial charge in [0.2, 0.25) is 0 Å². The standard InChI is InChI=1S/C22H25N3O5/c1-15-7-2-4-10-18(15)24-22(28)25-20(26)14-29-21(27)17-9-3-5-11-19(17)30-16-8-6-12-23-13-16/h3,5-6,8-9,11-13,15,18H,2,4,7,10,14H2,1H3,(H2,24,25,26,28). The zero-order chi connectivity index (χ0) is 21.3. The Labute approximate surface area is 175 Å². The quantitative estimate of drug-likeness (QED) is 0.706. The topological polar surface area (TPSA) is 107 Å². The van der Waals surface area contributed by atoms with Crippen LogP contribution in [0.3, 0.4) is 0 Å². The van der Waals surface area contributed by atoms with Gasteiger partial charge in [0.15, 0.2) is 6.61 Å². The Morgan fingerprint density at radius 3 is 2.67 bits per heavy atom. The summed E-state index contributed by atoms with van der Waals surface area (Å²) in [5.41, 5.74) is 0.162. The molecule has 0 spiro atoms. The van der Waals surface area contributed by atoms with Gasteiger partial charge in [0.1, 0.15) is 17.1 Å². The highest BCUT2D eigenvalue weighted by atomic mass is 16.5. The fourth-order valence-corrected chi connectivity index (χ4v) is 3.37. The summed E-state index contributed by atoms with van der Waals surface area (Å²) in [6, 6.07) is 9.40. The molecule has 0 radical (unpaired) electrons. The Morgan fingerprint density at radius 2 is 1.90 bits per heavy atom. The molecule has 0 bridgehead atoms. The number of benzene rings is 1. The largest absolute Gasteiger partial charge is 0.455 e. The van der Waals surface area contributed by atoms with Crippen molar-refractivity contribution in [2.75, 3.05) is 6.61 Å². The van der Waals surface area contributed by atoms with E-state index in [1.54, 1.807) is 36.5 Å². The Balaban J connectivity index is 1.50. The van der Waals surface area contributed by atoms with Gasteiger partial charge in [-0.25, -0.2) is 9.59 Å². The minimum atomic E-state index is -0.731. The second-order valence-electron chi connectivity index (χ2n) is 7.25. The summed E-state index contributed by atoms with van der Waals surface area (Å²) in [5, 5.41) is 5.02. The van der Waals surface area contributed by atoms with Crippen LogP contribution in [0.15, 0.2) is 48.8 Å². The molecule has 2 aromatic rings. The first-order chi connectivity index (χ1) is 14.5. The SMILES string of the molecule is CC1CCCCC1NC(=O)NC(=O)COC(=O)c1ccccc1Oc1cccnc1. The summed E-state index contributed by atoms with van der Waals surface area (Å²) in [7, 11) is 0. The molecule has 3 amide bonds. The van der Waals surface area contributed by atoms with E-state index in [1.165, 1.54) is 12.3 Å². The van der Waals surface area contributed by atoms with Gasteiger partial charge in [-0.3, -0.25) is 15.1 Å². The lowest BCUT2D eigenvalue weighted by molar-refractivity contribution is -0.123. The predicted octanol–water partition coefficient (Wildman–Crippen LogP) is 3.44. The molecule has 2 unspecified atom stereocenters. The van der Waals surface area contributed by atoms with E-state index in [2.05, 4.69) is 22.5 Å². The Hall–Kier alpha value is -3.42. The van der Waals surface area contributed by atoms with Gasteiger partial charge < -0.3 is 14.8 Å². The normalized spacial score (nSPS) is 18.2. The van der Waals surface area contributed by atoms with E-state index in [0.717, 1.165) is 25.7 Å². The van der Waals surface area contributed by atoms with Gasteiger partial charge in [-0.2, -0.15) is 0 Å². The first-order valence-corrected chi connectivity index (χ1v) is 9.97. The van der Waals surface area contributed by atoms with Crippen LogP contribution < -0.4 is 15.4 Å². The molecule has 2 atom stereocenters. The third-order valence-corrected chi connectivity index (χ3v) is 4.98. The van der Waals surface area contributed by atoms with Crippen molar-refractivity contribution in [2.45, 2.75) is 38.6 Å². The highest BCUT2D eigenvalue weighted by Gasteiger charge is 2.23. The Kier molecular flexibility index (Phi) is 7.37. The third kappa shape index (κ3) is 6.04. The van der Waals surface area contributed by atoms with Crippen LogP contribution in [0, 0.1) is 5.92 Å². The smallest absolute Gasteiger partial charge is 0.342 e. The molecule has 8 nitrogen and oxygen atoms in total. The number of urea groups is 1. The van der Waals surface area contributed by atoms with Gasteiger partial charge in [0.05, 0.1) is 6.20 Å². The summed E-state index contributed by atoms with van der Waals surface area (Å²) < 4.78 is 10.7. The van der Waals surface area contributed by atoms with Crippen molar-refractivity contribution in [2.24, 2.45) is 5.92 Å². The molecular weight excluding hydrogens is 386 g/mol. The maximum atomic E-state index is 12.4. The monoisotopic (exact) mass is 411 g/mol. The molecule has 1 fully saturated rings. The van der Waals surface area contributed by atoms with E-state index >= 15 is 0 Å². The first-order valence-electron chi connectivity index (χ1n) is 9.97. The average molecular weight is 411 g/mol. The molecule has 1 aliphatic carbocycles. The van der Waals surface area contributed by atoms with Crippen LogP contribution in [-0.4, -0.2) is 35.5 Å². The maximum absolute atomic E-state index is 12.4. The molecule has 0 aliphatic heterocycles. The van der Waals surface area contributed by atoms with E-state index < -0.39 is 24.5 Å². The van der Waals surface area contributed by atoms with Crippen molar-refractivity contribution in [3.05, 3.63) is 54.4 Å². The van der Waals surface area contributed by atoms with E-state index in [0.29, 0.717) is 11.7 Å². The molecule has 1 aromatic carbocycles. The summed E-state index contributed by atoms with van der Waals surface area (Å²) in [6.45, 7) is 1.51. The van der Waals surface area contributed by atoms with Crippen LogP contribution in [-0.2, 0) is 9.53 Å². The van der Waals surface area contributed by atoms with E-state index in [4.69, 9.17) is 9.47 Å². The average Bonchev–Trinajstić information content (AvgIpc) is 2.75. The number of amides is 3. The number of ether oxygens (including phenoxy) is 2. The Bertz CT molecular complexity index is 887. The molecule has 0 saturated heterocycles. The molecule has 1 aromatic heterocycles. The number of carbonyl (C=O) groups excluding carboxylic acids is 3. The maximum Gasteiger partial charge on any atom is 0.342 e. The van der Waals surface area contributed by atoms with Crippen molar-refractivity contribution in [1.29, 1.82) is 0 Å². The van der Waals surface area contributed by atoms with Crippen LogP contribution in [0.5, 0.6) is 11.5 Å². The van der Waals surface area contributed by atoms with Crippen LogP contribution in [0.4, 0.5) is 4.79 Å². The third-order valence-electron chi connectivity index (χ3n) is 4.98. The van der Waals surface area contributed by atoms with Crippen molar-refractivity contribution in [3.8, 4) is 11.5 Å². The van der Waals surface area contributed by atoms with Gasteiger partial charge in [-0.15, -0.1) is 0 Å². The molecule has 3 rings (SSSR count). The lowest BCUT2D eigenvalue weighted by atomic mass is 9.86. The second-order valence-corrected chi connectivity index (χ2v) is 7.25. The van der Waals surface area contributed by atoms with Crippen LogP contribution in [0.25, 0.3) is 0 Å². The minimum Gasteiger partial charge on any atom is -0.455 e. The molecule has 8 heteroatoms. The van der Waals surface area contributed by atoms with Crippen LogP contribution >= 0.6 is 0 Å². The van der Waals surface area contributed by atoms with Crippen molar-refractivity contribution in [3.63, 3.8) is 0 Å². The minimum absolute atomic E-state index is 0.0469.